The molecule has 8 nitrogen and oxygen atoms in total. The highest BCUT2D eigenvalue weighted by Gasteiger charge is 2.31. The minimum atomic E-state index is -3.60. The van der Waals surface area contributed by atoms with Crippen molar-refractivity contribution in [2.24, 2.45) is 5.73 Å². The van der Waals surface area contributed by atoms with Gasteiger partial charge in [-0.25, -0.2) is 8.42 Å². The fourth-order valence-electron chi connectivity index (χ4n) is 4.83. The molecule has 0 saturated carbocycles. The van der Waals surface area contributed by atoms with Crippen LogP contribution in [0.25, 0.3) is 0 Å². The van der Waals surface area contributed by atoms with Gasteiger partial charge in [0.25, 0.3) is 11.8 Å². The maximum atomic E-state index is 13.0. The van der Waals surface area contributed by atoms with Crippen LogP contribution in [0, 0.1) is 0 Å². The van der Waals surface area contributed by atoms with Gasteiger partial charge in [0.1, 0.15) is 5.00 Å². The lowest BCUT2D eigenvalue weighted by atomic mass is 10.0. The number of carbonyl (C=O) groups excluding carboxylic acids is 2. The first-order valence-electron chi connectivity index (χ1n) is 11.8. The molecular weight excluding hydrogens is 472 g/mol. The van der Waals surface area contributed by atoms with Crippen molar-refractivity contribution in [3.63, 3.8) is 0 Å². The number of benzene rings is 1. The molecule has 1 atom stereocenters. The second-order valence-electron chi connectivity index (χ2n) is 9.04. The Kier molecular flexibility index (Phi) is 7.42. The van der Waals surface area contributed by atoms with Crippen molar-refractivity contribution in [3.8, 4) is 0 Å². The Bertz CT molecular complexity index is 1170. The molecule has 2 aliphatic rings. The fourth-order valence-corrected chi connectivity index (χ4v) is 7.82. The van der Waals surface area contributed by atoms with E-state index in [1.807, 2.05) is 6.92 Å². The van der Waals surface area contributed by atoms with Gasteiger partial charge in [-0.3, -0.25) is 14.5 Å². The second kappa shape index (κ2) is 10.2. The SMILES string of the molecule is CCCN1CCc2c(sc(NC(=O)c3ccc(S(=O)(=O)N4CCCCC4C)cc3)c2C(N)=O)C1. The predicted molar refractivity (Wildman–Crippen MR) is 134 cm³/mol. The molecule has 184 valence electrons. The van der Waals surface area contributed by atoms with Crippen molar-refractivity contribution in [2.75, 3.05) is 25.0 Å². The number of nitrogens with zero attached hydrogens (tertiary/aromatic N) is 2. The molecule has 0 bridgehead atoms. The third-order valence-electron chi connectivity index (χ3n) is 6.61. The molecule has 2 aromatic rings. The van der Waals surface area contributed by atoms with E-state index in [1.54, 1.807) is 4.31 Å². The summed E-state index contributed by atoms with van der Waals surface area (Å²) in [5.74, 6) is -0.948. The number of amides is 2. The van der Waals surface area contributed by atoms with E-state index >= 15 is 0 Å². The molecule has 1 fully saturated rings. The number of fused-ring (bicyclic) bond motifs is 1. The Morgan fingerprint density at radius 1 is 1.18 bits per heavy atom. The molecule has 1 aromatic heterocycles. The van der Waals surface area contributed by atoms with Gasteiger partial charge in [0.15, 0.2) is 0 Å². The predicted octanol–water partition coefficient (Wildman–Crippen LogP) is 3.43. The van der Waals surface area contributed by atoms with Gasteiger partial charge in [-0.05, 0) is 69.0 Å². The van der Waals surface area contributed by atoms with Gasteiger partial charge < -0.3 is 11.1 Å². The van der Waals surface area contributed by atoms with E-state index in [-0.39, 0.29) is 10.9 Å². The maximum Gasteiger partial charge on any atom is 0.256 e. The Labute approximate surface area is 205 Å². The van der Waals surface area contributed by atoms with Gasteiger partial charge in [0.05, 0.1) is 10.5 Å². The molecule has 0 spiro atoms. The molecule has 3 N–H and O–H groups in total. The number of nitrogens with one attached hydrogen (secondary N) is 1. The number of thiophene rings is 1. The Hall–Kier alpha value is -2.27. The van der Waals surface area contributed by atoms with Crippen molar-refractivity contribution in [1.82, 2.24) is 9.21 Å². The molecule has 0 aliphatic carbocycles. The number of rotatable bonds is 7. The van der Waals surface area contributed by atoms with Crippen LogP contribution in [-0.4, -0.2) is 55.1 Å². The molecule has 3 heterocycles. The molecule has 34 heavy (non-hydrogen) atoms. The zero-order valence-corrected chi connectivity index (χ0v) is 21.3. The number of carbonyl (C=O) groups is 2. The van der Waals surface area contributed by atoms with E-state index in [9.17, 15) is 18.0 Å². The normalized spacial score (nSPS) is 19.5. The minimum absolute atomic E-state index is 0.0351. The lowest BCUT2D eigenvalue weighted by Crippen LogP contribution is -2.41. The van der Waals surface area contributed by atoms with Gasteiger partial charge in [-0.2, -0.15) is 4.31 Å². The first-order valence-corrected chi connectivity index (χ1v) is 14.1. The van der Waals surface area contributed by atoms with Gasteiger partial charge in [0, 0.05) is 36.1 Å². The zero-order chi connectivity index (χ0) is 24.5. The smallest absolute Gasteiger partial charge is 0.256 e. The maximum absolute atomic E-state index is 13.0. The summed E-state index contributed by atoms with van der Waals surface area (Å²) in [4.78, 5) is 28.7. The number of sulfonamides is 1. The lowest BCUT2D eigenvalue weighted by Gasteiger charge is -2.32. The molecular formula is C24H32N4O4S2. The van der Waals surface area contributed by atoms with Crippen LogP contribution in [0.2, 0.25) is 0 Å². The van der Waals surface area contributed by atoms with Crippen molar-refractivity contribution < 1.29 is 18.0 Å². The van der Waals surface area contributed by atoms with Crippen molar-refractivity contribution in [2.45, 2.75) is 63.4 Å². The Morgan fingerprint density at radius 3 is 2.56 bits per heavy atom. The Balaban J connectivity index is 1.53. The van der Waals surface area contributed by atoms with E-state index in [4.69, 9.17) is 5.73 Å². The van der Waals surface area contributed by atoms with E-state index < -0.39 is 21.8 Å². The summed E-state index contributed by atoms with van der Waals surface area (Å²) in [5, 5.41) is 3.30. The summed E-state index contributed by atoms with van der Waals surface area (Å²) in [6.07, 6.45) is 4.51. The number of hydrogen-bond acceptors (Lipinski definition) is 6. The van der Waals surface area contributed by atoms with Crippen molar-refractivity contribution in [1.29, 1.82) is 0 Å². The van der Waals surface area contributed by atoms with Gasteiger partial charge >= 0.3 is 0 Å². The molecule has 0 radical (unpaired) electrons. The summed E-state index contributed by atoms with van der Waals surface area (Å²) >= 11 is 1.39. The molecule has 1 saturated heterocycles. The van der Waals surface area contributed by atoms with E-state index in [0.717, 1.165) is 62.2 Å². The third kappa shape index (κ3) is 4.91. The molecule has 2 aliphatic heterocycles. The van der Waals surface area contributed by atoms with Crippen LogP contribution in [0.5, 0.6) is 0 Å². The number of anilines is 1. The van der Waals surface area contributed by atoms with Gasteiger partial charge in [-0.1, -0.05) is 13.3 Å². The van der Waals surface area contributed by atoms with Crippen LogP contribution in [0.4, 0.5) is 5.00 Å². The first kappa shape index (κ1) is 24.8. The van der Waals surface area contributed by atoms with Crippen LogP contribution < -0.4 is 11.1 Å². The Morgan fingerprint density at radius 2 is 1.91 bits per heavy atom. The second-order valence-corrected chi connectivity index (χ2v) is 12.0. The van der Waals surface area contributed by atoms with Crippen LogP contribution in [0.1, 0.15) is 70.7 Å². The molecule has 4 rings (SSSR count). The van der Waals surface area contributed by atoms with Crippen molar-refractivity contribution >= 4 is 38.2 Å². The summed E-state index contributed by atoms with van der Waals surface area (Å²) < 4.78 is 27.6. The monoisotopic (exact) mass is 504 g/mol. The largest absolute Gasteiger partial charge is 0.365 e. The molecule has 10 heteroatoms. The summed E-state index contributed by atoms with van der Waals surface area (Å²) in [6, 6.07) is 5.94. The highest BCUT2D eigenvalue weighted by molar-refractivity contribution is 7.89. The first-order chi connectivity index (χ1) is 16.2. The van der Waals surface area contributed by atoms with Crippen LogP contribution in [0.15, 0.2) is 29.2 Å². The minimum Gasteiger partial charge on any atom is -0.365 e. The fraction of sp³-hybridized carbons (Fsp3) is 0.500. The molecule has 2 amide bonds. The van der Waals surface area contributed by atoms with Crippen LogP contribution in [0.3, 0.4) is 0 Å². The highest BCUT2D eigenvalue weighted by atomic mass is 32.2. The number of hydrogen-bond donors (Lipinski definition) is 2. The van der Waals surface area contributed by atoms with Crippen LogP contribution in [-0.2, 0) is 23.0 Å². The summed E-state index contributed by atoms with van der Waals surface area (Å²) in [6.45, 7) is 7.16. The number of piperidine rings is 1. The lowest BCUT2D eigenvalue weighted by molar-refractivity contribution is 0.0999. The highest BCUT2D eigenvalue weighted by Crippen LogP contribution is 2.37. The zero-order valence-electron chi connectivity index (χ0n) is 19.7. The standard InChI is InChI=1S/C24H32N4O4S2/c1-3-12-27-14-11-19-20(15-27)33-24(21(19)22(25)29)26-23(30)17-7-9-18(10-8-17)34(31,32)28-13-5-4-6-16(28)2/h7-10,16H,3-6,11-15H2,1-2H3,(H2,25,29)(H,26,30). The van der Waals surface area contributed by atoms with Crippen LogP contribution >= 0.6 is 11.3 Å². The topological polar surface area (TPSA) is 113 Å². The number of primary amides is 1. The van der Waals surface area contributed by atoms with Gasteiger partial charge in [0.2, 0.25) is 10.0 Å². The van der Waals surface area contributed by atoms with E-state index in [0.29, 0.717) is 22.7 Å². The third-order valence-corrected chi connectivity index (χ3v) is 9.77. The van der Waals surface area contributed by atoms with E-state index in [2.05, 4.69) is 17.1 Å². The average molecular weight is 505 g/mol. The molecule has 1 aromatic carbocycles. The van der Waals surface area contributed by atoms with E-state index in [1.165, 1.54) is 35.6 Å². The quantitative estimate of drug-likeness (QED) is 0.600. The number of nitrogens with two attached hydrogens (primary N) is 1. The molecule has 1 unspecified atom stereocenters. The van der Waals surface area contributed by atoms with Gasteiger partial charge in [-0.15, -0.1) is 11.3 Å². The summed E-state index contributed by atoms with van der Waals surface area (Å²) in [5.41, 5.74) is 7.31. The summed E-state index contributed by atoms with van der Waals surface area (Å²) in [7, 11) is -3.60. The van der Waals surface area contributed by atoms with Crippen molar-refractivity contribution in [3.05, 3.63) is 45.8 Å². The average Bonchev–Trinajstić information content (AvgIpc) is 3.16.